The Bertz CT molecular complexity index is 1380. The van der Waals surface area contributed by atoms with Crippen molar-refractivity contribution in [1.82, 2.24) is 20.2 Å². The molecule has 2 heterocycles. The molecule has 1 aromatic heterocycles. The van der Waals surface area contributed by atoms with Gasteiger partial charge in [-0.1, -0.05) is 6.42 Å². The van der Waals surface area contributed by atoms with E-state index < -0.39 is 17.3 Å². The van der Waals surface area contributed by atoms with Gasteiger partial charge in [0.25, 0.3) is 0 Å². The van der Waals surface area contributed by atoms with Crippen molar-refractivity contribution >= 4 is 29.4 Å². The number of ketones is 1. The molecule has 12 heteroatoms. The molecule has 2 atom stereocenters. The molecule has 2 N–H and O–H groups in total. The van der Waals surface area contributed by atoms with Gasteiger partial charge in [-0.15, -0.1) is 0 Å². The van der Waals surface area contributed by atoms with E-state index in [2.05, 4.69) is 20.6 Å². The lowest BCUT2D eigenvalue weighted by Gasteiger charge is -2.33. The fourth-order valence-electron chi connectivity index (χ4n) is 6.43. The van der Waals surface area contributed by atoms with Crippen LogP contribution in [-0.2, 0) is 22.1 Å². The average molecular weight is 660 g/mol. The van der Waals surface area contributed by atoms with Gasteiger partial charge in [-0.05, 0) is 116 Å². The van der Waals surface area contributed by atoms with Crippen molar-refractivity contribution in [2.45, 2.75) is 110 Å². The van der Waals surface area contributed by atoms with Crippen molar-refractivity contribution in [2.75, 3.05) is 18.4 Å². The van der Waals surface area contributed by atoms with E-state index in [-0.39, 0.29) is 53.7 Å². The Hall–Kier alpha value is -3.70. The number of alkyl halides is 3. The number of amides is 2. The zero-order valence-corrected chi connectivity index (χ0v) is 28.1. The lowest BCUT2D eigenvalue weighted by molar-refractivity contribution is -0.138. The maximum atomic E-state index is 13.9. The molecule has 1 saturated heterocycles. The summed E-state index contributed by atoms with van der Waals surface area (Å²) in [6, 6.07) is 6.69. The molecule has 4 rings (SSSR count). The van der Waals surface area contributed by atoms with Crippen LogP contribution < -0.4 is 10.6 Å². The predicted octanol–water partition coefficient (Wildman–Crippen LogP) is 7.72. The molecule has 258 valence electrons. The summed E-state index contributed by atoms with van der Waals surface area (Å²) in [5.74, 6) is -0.230. The Morgan fingerprint density at radius 3 is 2.32 bits per heavy atom. The number of halogens is 3. The van der Waals surface area contributed by atoms with Crippen LogP contribution in [0.25, 0.3) is 0 Å². The molecule has 1 aliphatic carbocycles. The van der Waals surface area contributed by atoms with E-state index in [0.717, 1.165) is 38.3 Å². The van der Waals surface area contributed by atoms with Crippen LogP contribution >= 0.6 is 0 Å². The highest BCUT2D eigenvalue weighted by atomic mass is 19.4. The summed E-state index contributed by atoms with van der Waals surface area (Å²) in [7, 11) is 0. The number of anilines is 2. The number of aromatic nitrogens is 2. The van der Waals surface area contributed by atoms with Crippen LogP contribution in [0.15, 0.2) is 30.5 Å². The zero-order valence-electron chi connectivity index (χ0n) is 28.1. The van der Waals surface area contributed by atoms with Crippen LogP contribution in [0.3, 0.4) is 0 Å². The Kier molecular flexibility index (Phi) is 11.9. The smallest absolute Gasteiger partial charge is 0.419 e. The van der Waals surface area contributed by atoms with E-state index in [1.807, 2.05) is 34.6 Å². The number of hydrogen-bond donors (Lipinski definition) is 2. The minimum absolute atomic E-state index is 0.0171. The number of piperidine rings is 1. The quantitative estimate of drug-likeness (QED) is 0.238. The van der Waals surface area contributed by atoms with Gasteiger partial charge in [-0.2, -0.15) is 13.2 Å². The summed E-state index contributed by atoms with van der Waals surface area (Å²) in [4.78, 5) is 47.8. The van der Waals surface area contributed by atoms with Gasteiger partial charge in [0.2, 0.25) is 11.9 Å². The van der Waals surface area contributed by atoms with Crippen LogP contribution in [0.5, 0.6) is 0 Å². The van der Waals surface area contributed by atoms with Crippen molar-refractivity contribution in [1.29, 1.82) is 0 Å². The van der Waals surface area contributed by atoms with Gasteiger partial charge < -0.3 is 20.3 Å². The van der Waals surface area contributed by atoms with Gasteiger partial charge in [0.15, 0.2) is 5.78 Å². The number of carbonyl (C=O) groups excluding carboxylic acids is 3. The Balaban J connectivity index is 1.30. The van der Waals surface area contributed by atoms with Crippen LogP contribution in [0.1, 0.15) is 108 Å². The molecule has 2 aromatic rings. The summed E-state index contributed by atoms with van der Waals surface area (Å²) < 4.78 is 47.1. The molecule has 9 nitrogen and oxygen atoms in total. The molecule has 0 unspecified atom stereocenters. The molecule has 2 aliphatic rings. The van der Waals surface area contributed by atoms with E-state index >= 15 is 0 Å². The highest BCUT2D eigenvalue weighted by molar-refractivity contribution is 5.96. The molecule has 0 bridgehead atoms. The summed E-state index contributed by atoms with van der Waals surface area (Å²) in [6.07, 6.45) is 1.82. The zero-order chi connectivity index (χ0) is 34.4. The third-order valence-electron chi connectivity index (χ3n) is 8.80. The first kappa shape index (κ1) is 36.1. The number of ether oxygens (including phenoxy) is 1. The molecule has 1 aliphatic heterocycles. The number of rotatable bonds is 11. The van der Waals surface area contributed by atoms with E-state index in [9.17, 15) is 27.6 Å². The topological polar surface area (TPSA) is 114 Å². The van der Waals surface area contributed by atoms with Crippen LogP contribution in [-0.4, -0.2) is 57.4 Å². The Morgan fingerprint density at radius 2 is 1.70 bits per heavy atom. The molecule has 0 spiro atoms. The average Bonchev–Trinajstić information content (AvgIpc) is 3.44. The monoisotopic (exact) mass is 659 g/mol. The first-order chi connectivity index (χ1) is 22.1. The second-order valence-electron chi connectivity index (χ2n) is 14.1. The summed E-state index contributed by atoms with van der Waals surface area (Å²) in [5, 5.41) is 5.86. The minimum Gasteiger partial charge on any atom is -0.444 e. The molecular weight excluding hydrogens is 611 g/mol. The number of Topliss-reactive ketones (excluding diaryl/α,β-unsaturated/α-hetero) is 1. The lowest BCUT2D eigenvalue weighted by atomic mass is 9.89. The third kappa shape index (κ3) is 10.7. The maximum absolute atomic E-state index is 13.9. The minimum atomic E-state index is -4.62. The van der Waals surface area contributed by atoms with Crippen molar-refractivity contribution < 1.29 is 32.3 Å². The second-order valence-corrected chi connectivity index (χ2v) is 14.1. The molecular formula is C35H48F3N5O4. The molecule has 2 fully saturated rings. The Morgan fingerprint density at radius 1 is 1.02 bits per heavy atom. The number of benzene rings is 1. The highest BCUT2D eigenvalue weighted by Crippen LogP contribution is 2.38. The molecule has 0 radical (unpaired) electrons. The largest absolute Gasteiger partial charge is 0.444 e. The van der Waals surface area contributed by atoms with E-state index in [4.69, 9.17) is 4.74 Å². The van der Waals surface area contributed by atoms with Crippen molar-refractivity contribution in [2.24, 2.45) is 17.8 Å². The van der Waals surface area contributed by atoms with Crippen LogP contribution in [0, 0.1) is 17.8 Å². The normalized spacial score (nSPS) is 19.1. The summed E-state index contributed by atoms with van der Waals surface area (Å²) in [6.45, 7) is 10.6. The number of hydrogen-bond acceptors (Lipinski definition) is 7. The van der Waals surface area contributed by atoms with Gasteiger partial charge in [0.05, 0.1) is 11.3 Å². The molecule has 2 amide bonds. The van der Waals surface area contributed by atoms with Gasteiger partial charge >= 0.3 is 12.3 Å². The number of likely N-dealkylation sites (tertiary alicyclic amines) is 1. The van der Waals surface area contributed by atoms with Crippen LogP contribution in [0.4, 0.5) is 29.6 Å². The standard InChI is InChI=1S/C35H48F3N5O4/c1-22(2)40-31(45)27-10-7-9-25(27)20-29-28(35(36,37)38)21-39-32(42-29)41-26-14-12-24(13-15-26)30(44)11-6-8-23-16-18-43(19-17-23)33(46)47-34(3,4)5/h12-15,21-23,25,27H,6-11,16-20H2,1-5H3,(H,40,45)(H,39,41,42)/t25-,27-/m0/s1. The number of nitrogens with zero attached hydrogens (tertiary/aromatic N) is 3. The SMILES string of the molecule is CC(C)NC(=O)[C@H]1CCC[C@H]1Cc1nc(Nc2ccc(C(=O)CCCC3CCN(C(=O)OC(C)(C)C)CC3)cc2)ncc1C(F)(F)F. The van der Waals surface area contributed by atoms with Gasteiger partial charge in [-0.25, -0.2) is 14.8 Å². The van der Waals surface area contributed by atoms with Gasteiger partial charge in [0, 0.05) is 48.9 Å². The summed E-state index contributed by atoms with van der Waals surface area (Å²) >= 11 is 0. The third-order valence-corrected chi connectivity index (χ3v) is 8.80. The van der Waals surface area contributed by atoms with E-state index in [1.165, 1.54) is 0 Å². The number of carbonyl (C=O) groups is 3. The molecule has 1 aromatic carbocycles. The van der Waals surface area contributed by atoms with Crippen molar-refractivity contribution in [3.8, 4) is 0 Å². The first-order valence-corrected chi connectivity index (χ1v) is 16.7. The predicted molar refractivity (Wildman–Crippen MR) is 173 cm³/mol. The first-order valence-electron chi connectivity index (χ1n) is 16.7. The van der Waals surface area contributed by atoms with Crippen LogP contribution in [0.2, 0.25) is 0 Å². The van der Waals surface area contributed by atoms with Crippen molar-refractivity contribution in [3.05, 3.63) is 47.3 Å². The Labute approximate surface area is 275 Å². The maximum Gasteiger partial charge on any atom is 0.419 e. The van der Waals surface area contributed by atoms with E-state index in [1.54, 1.807) is 29.2 Å². The highest BCUT2D eigenvalue weighted by Gasteiger charge is 2.39. The summed E-state index contributed by atoms with van der Waals surface area (Å²) in [5.41, 5.74) is -0.454. The number of nitrogens with one attached hydrogen (secondary N) is 2. The molecule has 47 heavy (non-hydrogen) atoms. The fourth-order valence-corrected chi connectivity index (χ4v) is 6.43. The second kappa shape index (κ2) is 15.5. The molecule has 1 saturated carbocycles. The lowest BCUT2D eigenvalue weighted by Crippen LogP contribution is -2.41. The van der Waals surface area contributed by atoms with Gasteiger partial charge in [-0.3, -0.25) is 9.59 Å². The van der Waals surface area contributed by atoms with E-state index in [0.29, 0.717) is 49.5 Å². The fraction of sp³-hybridized carbons (Fsp3) is 0.629. The van der Waals surface area contributed by atoms with Crippen molar-refractivity contribution in [3.63, 3.8) is 0 Å². The van der Waals surface area contributed by atoms with Gasteiger partial charge in [0.1, 0.15) is 5.60 Å².